The largest absolute Gasteiger partial charge is 0.489 e. The zero-order valence-electron chi connectivity index (χ0n) is 34.1. The Bertz CT molecular complexity index is 1490. The maximum atomic E-state index is 10.2. The molecule has 0 aliphatic carbocycles. The molecule has 3 aromatic carbocycles. The van der Waals surface area contributed by atoms with Gasteiger partial charge in [-0.25, -0.2) is 0 Å². The molecule has 0 unspecified atom stereocenters. The summed E-state index contributed by atoms with van der Waals surface area (Å²) in [6, 6.07) is 19.6. The van der Waals surface area contributed by atoms with E-state index in [0.717, 1.165) is 43.2 Å². The summed E-state index contributed by atoms with van der Waals surface area (Å²) in [4.78, 5) is 18.5. The molecule has 0 spiro atoms. The number of benzene rings is 3. The van der Waals surface area contributed by atoms with E-state index in [-0.39, 0.29) is 29.7 Å². The molecule has 52 heavy (non-hydrogen) atoms. The highest BCUT2D eigenvalue weighted by molar-refractivity contribution is 6.37. The molecule has 0 aliphatic heterocycles. The maximum absolute atomic E-state index is 10.2. The summed E-state index contributed by atoms with van der Waals surface area (Å²) in [5.74, 6) is 11.8. The minimum absolute atomic E-state index is 0.0188. The number of rotatable bonds is 13. The van der Waals surface area contributed by atoms with E-state index in [0.29, 0.717) is 5.71 Å². The van der Waals surface area contributed by atoms with Gasteiger partial charge in [0.05, 0.1) is 17.1 Å². The first-order valence-electron chi connectivity index (χ1n) is 18.0. The number of ether oxygens (including phenoxy) is 1. The number of carbonyl (C=O) groups excluding carboxylic acids is 1. The lowest BCUT2D eigenvalue weighted by atomic mass is 9.71. The Hall–Kier alpha value is -4.45. The molecule has 0 aromatic heterocycles. The number of anilines is 2. The zero-order chi connectivity index (χ0) is 40.4. The first-order valence-corrected chi connectivity index (χ1v) is 18.0. The summed E-state index contributed by atoms with van der Waals surface area (Å²) in [5.41, 5.74) is 17.4. The van der Waals surface area contributed by atoms with Gasteiger partial charge in [-0.3, -0.25) is 15.4 Å². The lowest BCUT2D eigenvalue weighted by molar-refractivity contribution is -0.122. The molecular weight excluding hydrogens is 654 g/mol. The summed E-state index contributed by atoms with van der Waals surface area (Å²) in [7, 11) is 1.50. The molecule has 0 radical (unpaired) electrons. The standard InChI is InChI=1S/C33H48N4O.C4H8N2O.C2H6.CH5N.CH2O2/c1-9-27(38-30-14-12-11-13-23(30)4)21-35-20-26-19-25(16-15-22(26)3)31(33(6,7)8)28-17-18-29(36-10-2)32(37-34)24(28)5;1-3(6-5)4(2)7;2*1-2;2-1-3/h11-19,27,31,35-37H,9-10,20-21,34H2,1-8H3;5H2,1-2H3;1-2H3;2H2,1H3;1H,(H,2,3)/b;6-3+;;;/t27-,31+;;;;/m1..../s1. The number of nitrogen functional groups attached to an aromatic ring is 1. The van der Waals surface area contributed by atoms with Crippen molar-refractivity contribution in [1.29, 1.82) is 0 Å². The van der Waals surface area contributed by atoms with E-state index in [9.17, 15) is 4.79 Å². The summed E-state index contributed by atoms with van der Waals surface area (Å²) in [6.07, 6.45) is 1.08. The molecule has 0 saturated heterocycles. The fourth-order valence-corrected chi connectivity index (χ4v) is 5.37. The number of hydrogen-bond acceptors (Lipinski definition) is 10. The van der Waals surface area contributed by atoms with E-state index in [1.807, 2.05) is 26.0 Å². The monoisotopic (exact) mass is 724 g/mol. The number of ketones is 1. The van der Waals surface area contributed by atoms with Crippen molar-refractivity contribution in [2.45, 2.75) is 108 Å². The number of carbonyl (C=O) groups is 2. The van der Waals surface area contributed by atoms with Gasteiger partial charge in [-0.15, -0.1) is 0 Å². The average molecular weight is 724 g/mol. The van der Waals surface area contributed by atoms with Crippen LogP contribution in [-0.4, -0.2) is 49.3 Å². The van der Waals surface area contributed by atoms with Crippen molar-refractivity contribution in [3.63, 3.8) is 0 Å². The molecule has 2 atom stereocenters. The van der Waals surface area contributed by atoms with Crippen molar-refractivity contribution in [2.75, 3.05) is 30.9 Å². The Morgan fingerprint density at radius 3 is 2.04 bits per heavy atom. The van der Waals surface area contributed by atoms with Crippen LogP contribution in [0.25, 0.3) is 0 Å². The first kappa shape index (κ1) is 49.7. The lowest BCUT2D eigenvalue weighted by Gasteiger charge is -2.34. The van der Waals surface area contributed by atoms with Crippen LogP contribution in [0.1, 0.15) is 108 Å². The molecule has 11 heteroatoms. The van der Waals surface area contributed by atoms with Gasteiger partial charge in [0.1, 0.15) is 11.9 Å². The average Bonchev–Trinajstić information content (AvgIpc) is 3.12. The third-order valence-electron chi connectivity index (χ3n) is 8.14. The molecule has 0 bridgehead atoms. The number of nitrogens with two attached hydrogens (primary N) is 3. The molecule has 0 saturated carbocycles. The van der Waals surface area contributed by atoms with E-state index in [4.69, 9.17) is 26.3 Å². The molecule has 292 valence electrons. The van der Waals surface area contributed by atoms with Crippen molar-refractivity contribution >= 4 is 29.3 Å². The lowest BCUT2D eigenvalue weighted by Crippen LogP contribution is -2.31. The van der Waals surface area contributed by atoms with Crippen LogP contribution in [-0.2, 0) is 16.1 Å². The van der Waals surface area contributed by atoms with E-state index in [2.05, 4.69) is 125 Å². The van der Waals surface area contributed by atoms with Crippen LogP contribution in [0.3, 0.4) is 0 Å². The predicted octanol–water partition coefficient (Wildman–Crippen LogP) is 7.67. The quantitative estimate of drug-likeness (QED) is 0.0399. The number of nitrogens with one attached hydrogen (secondary N) is 3. The Balaban J connectivity index is 0. The normalized spacial score (nSPS) is 11.6. The van der Waals surface area contributed by atoms with Crippen LogP contribution in [0, 0.1) is 26.2 Å². The zero-order valence-corrected chi connectivity index (χ0v) is 34.1. The summed E-state index contributed by atoms with van der Waals surface area (Å²) < 4.78 is 6.31. The molecule has 0 aliphatic rings. The number of hydrogen-bond donors (Lipinski definition) is 7. The highest BCUT2D eigenvalue weighted by Crippen LogP contribution is 2.44. The smallest absolute Gasteiger partial charge is 0.290 e. The van der Waals surface area contributed by atoms with Gasteiger partial charge in [-0.05, 0) is 99.0 Å². The number of aryl methyl sites for hydroxylation is 2. The first-order chi connectivity index (χ1) is 24.7. The van der Waals surface area contributed by atoms with Gasteiger partial charge in [-0.1, -0.05) is 84.0 Å². The Labute approximate surface area is 314 Å². The van der Waals surface area contributed by atoms with Crippen molar-refractivity contribution in [2.24, 2.45) is 27.9 Å². The number of carboxylic acid groups (broad SMARTS) is 1. The second kappa shape index (κ2) is 27.2. The van der Waals surface area contributed by atoms with Gasteiger partial charge in [0.15, 0.2) is 5.78 Å². The molecule has 0 fully saturated rings. The highest BCUT2D eigenvalue weighted by atomic mass is 16.5. The second-order valence-electron chi connectivity index (χ2n) is 12.8. The minimum Gasteiger partial charge on any atom is -0.489 e. The molecular formula is C41H69N7O4. The van der Waals surface area contributed by atoms with Crippen molar-refractivity contribution in [3.8, 4) is 5.75 Å². The minimum atomic E-state index is -0.250. The Kier molecular flexibility index (Phi) is 26.0. The van der Waals surface area contributed by atoms with E-state index in [1.54, 1.807) is 6.92 Å². The van der Waals surface area contributed by atoms with Gasteiger partial charge in [0.25, 0.3) is 6.47 Å². The predicted molar refractivity (Wildman–Crippen MR) is 221 cm³/mol. The maximum Gasteiger partial charge on any atom is 0.290 e. The fourth-order valence-electron chi connectivity index (χ4n) is 5.37. The van der Waals surface area contributed by atoms with Gasteiger partial charge >= 0.3 is 0 Å². The van der Waals surface area contributed by atoms with Gasteiger partial charge in [-0.2, -0.15) is 5.10 Å². The SMILES string of the molecule is CC.CC(=O)/C(C)=N/N.CCNc1ccc([C@H](c2ccc(C)c(CNC[C@@H](CC)Oc3ccccc3C)c2)C(C)(C)C)c(C)c1NN.CN.O=CO. The molecule has 0 heterocycles. The molecule has 3 aromatic rings. The van der Waals surface area contributed by atoms with Crippen molar-refractivity contribution < 1.29 is 19.4 Å². The summed E-state index contributed by atoms with van der Waals surface area (Å²) in [5, 5.41) is 17.1. The number of nitrogens with zero attached hydrogens (tertiary/aromatic N) is 1. The topological polar surface area (TPSA) is 190 Å². The Morgan fingerprint density at radius 1 is 0.981 bits per heavy atom. The third-order valence-corrected chi connectivity index (χ3v) is 8.14. The number of hydrazone groups is 1. The van der Waals surface area contributed by atoms with Crippen LogP contribution >= 0.6 is 0 Å². The number of para-hydroxylation sites is 1. The van der Waals surface area contributed by atoms with Gasteiger partial charge < -0.3 is 37.5 Å². The number of hydrazine groups is 1. The van der Waals surface area contributed by atoms with E-state index < -0.39 is 0 Å². The van der Waals surface area contributed by atoms with Crippen molar-refractivity contribution in [3.05, 3.63) is 88.0 Å². The molecule has 10 N–H and O–H groups in total. The van der Waals surface area contributed by atoms with Gasteiger partial charge in [0, 0.05) is 32.5 Å². The summed E-state index contributed by atoms with van der Waals surface area (Å²) >= 11 is 0. The van der Waals surface area contributed by atoms with Crippen LogP contribution in [0.5, 0.6) is 5.75 Å². The van der Waals surface area contributed by atoms with Crippen molar-refractivity contribution in [1.82, 2.24) is 5.32 Å². The van der Waals surface area contributed by atoms with E-state index >= 15 is 0 Å². The molecule has 3 rings (SSSR count). The third kappa shape index (κ3) is 16.7. The number of Topliss-reactive ketones (excluding diaryl/α,β-unsaturated/α-hetero) is 1. The van der Waals surface area contributed by atoms with Gasteiger partial charge in [0.2, 0.25) is 0 Å². The summed E-state index contributed by atoms with van der Waals surface area (Å²) in [6.45, 7) is 26.9. The van der Waals surface area contributed by atoms with Crippen LogP contribution < -0.4 is 38.2 Å². The highest BCUT2D eigenvalue weighted by Gasteiger charge is 2.30. The van der Waals surface area contributed by atoms with Crippen LogP contribution in [0.4, 0.5) is 11.4 Å². The van der Waals surface area contributed by atoms with Crippen LogP contribution in [0.2, 0.25) is 0 Å². The molecule has 0 amide bonds. The fraction of sp³-hybridized carbons (Fsp3) is 0.488. The van der Waals surface area contributed by atoms with Crippen LogP contribution in [0.15, 0.2) is 59.7 Å². The second-order valence-corrected chi connectivity index (χ2v) is 12.8. The molecule has 11 nitrogen and oxygen atoms in total. The van der Waals surface area contributed by atoms with E-state index in [1.165, 1.54) is 47.4 Å². The Morgan fingerprint density at radius 2 is 1.58 bits per heavy atom.